The monoisotopic (exact) mass is 270 g/mol. The van der Waals surface area contributed by atoms with Gasteiger partial charge in [0, 0.05) is 25.3 Å². The SMILES string of the molecule is CC.CO[C@@H]1C(C)OC(n2ccc(=O)[nH]c2=O)C1C. The van der Waals surface area contributed by atoms with Gasteiger partial charge in [-0.1, -0.05) is 20.8 Å². The molecule has 1 aliphatic rings. The second-order valence-corrected chi connectivity index (χ2v) is 4.31. The third kappa shape index (κ3) is 3.13. The predicted octanol–water partition coefficient (Wildman–Crippen LogP) is 1.13. The van der Waals surface area contributed by atoms with Gasteiger partial charge in [-0.3, -0.25) is 14.3 Å². The molecule has 6 nitrogen and oxygen atoms in total. The molecule has 1 fully saturated rings. The maximum atomic E-state index is 11.7. The summed E-state index contributed by atoms with van der Waals surface area (Å²) < 4.78 is 12.4. The first-order chi connectivity index (χ1) is 9.04. The molecule has 0 bridgehead atoms. The van der Waals surface area contributed by atoms with Crippen LogP contribution in [-0.4, -0.2) is 28.9 Å². The second kappa shape index (κ2) is 6.68. The van der Waals surface area contributed by atoms with Gasteiger partial charge in [0.05, 0.1) is 12.2 Å². The van der Waals surface area contributed by atoms with Crippen LogP contribution in [0.5, 0.6) is 0 Å². The number of methoxy groups -OCH3 is 1. The van der Waals surface area contributed by atoms with Crippen LogP contribution in [0.3, 0.4) is 0 Å². The van der Waals surface area contributed by atoms with E-state index < -0.39 is 17.5 Å². The Kier molecular flexibility index (Phi) is 5.50. The molecule has 0 saturated carbocycles. The van der Waals surface area contributed by atoms with Crippen LogP contribution in [0.1, 0.15) is 33.9 Å². The minimum absolute atomic E-state index is 0.0404. The van der Waals surface area contributed by atoms with Crippen molar-refractivity contribution in [1.82, 2.24) is 9.55 Å². The Labute approximate surface area is 112 Å². The van der Waals surface area contributed by atoms with Gasteiger partial charge in [0.25, 0.3) is 5.56 Å². The quantitative estimate of drug-likeness (QED) is 0.874. The van der Waals surface area contributed by atoms with Crippen molar-refractivity contribution in [3.63, 3.8) is 0 Å². The van der Waals surface area contributed by atoms with E-state index in [2.05, 4.69) is 4.98 Å². The van der Waals surface area contributed by atoms with Crippen molar-refractivity contribution in [1.29, 1.82) is 0 Å². The third-order valence-electron chi connectivity index (χ3n) is 3.18. The van der Waals surface area contributed by atoms with Crippen molar-refractivity contribution in [2.45, 2.75) is 46.1 Å². The lowest BCUT2D eigenvalue weighted by molar-refractivity contribution is -0.0199. The molecule has 1 N–H and O–H groups in total. The lowest BCUT2D eigenvalue weighted by Crippen LogP contribution is -2.34. The molecule has 0 aliphatic carbocycles. The minimum atomic E-state index is -0.460. The first kappa shape index (κ1) is 15.7. The molecule has 1 saturated heterocycles. The summed E-state index contributed by atoms with van der Waals surface area (Å²) >= 11 is 0. The van der Waals surface area contributed by atoms with Crippen LogP contribution >= 0.6 is 0 Å². The summed E-state index contributed by atoms with van der Waals surface area (Å²) in [5.41, 5.74) is -0.869. The smallest absolute Gasteiger partial charge is 0.330 e. The second-order valence-electron chi connectivity index (χ2n) is 4.31. The van der Waals surface area contributed by atoms with Crippen molar-refractivity contribution in [3.8, 4) is 0 Å². The Bertz CT molecular complexity index is 508. The van der Waals surface area contributed by atoms with Crippen molar-refractivity contribution in [3.05, 3.63) is 33.1 Å². The summed E-state index contributed by atoms with van der Waals surface area (Å²) in [5, 5.41) is 0. The number of H-pyrrole nitrogens is 1. The number of aromatic nitrogens is 2. The Hall–Kier alpha value is -1.40. The molecule has 4 atom stereocenters. The minimum Gasteiger partial charge on any atom is -0.378 e. The van der Waals surface area contributed by atoms with Gasteiger partial charge < -0.3 is 9.47 Å². The van der Waals surface area contributed by atoms with Crippen LogP contribution in [0.2, 0.25) is 0 Å². The fourth-order valence-corrected chi connectivity index (χ4v) is 2.36. The Morgan fingerprint density at radius 2 is 1.95 bits per heavy atom. The molecule has 2 heterocycles. The summed E-state index contributed by atoms with van der Waals surface area (Å²) in [7, 11) is 1.62. The van der Waals surface area contributed by atoms with Gasteiger partial charge in [0.1, 0.15) is 6.23 Å². The molecule has 2 rings (SSSR count). The lowest BCUT2D eigenvalue weighted by atomic mass is 10.0. The molecule has 1 aromatic rings. The maximum Gasteiger partial charge on any atom is 0.330 e. The van der Waals surface area contributed by atoms with Crippen molar-refractivity contribution < 1.29 is 9.47 Å². The first-order valence-corrected chi connectivity index (χ1v) is 6.54. The molecule has 0 radical (unpaired) electrons. The molecular weight excluding hydrogens is 248 g/mol. The van der Waals surface area contributed by atoms with E-state index in [0.717, 1.165) is 0 Å². The Morgan fingerprint density at radius 1 is 1.32 bits per heavy atom. The van der Waals surface area contributed by atoms with Gasteiger partial charge in [-0.15, -0.1) is 0 Å². The van der Waals surface area contributed by atoms with E-state index in [1.165, 1.54) is 16.8 Å². The zero-order valence-electron chi connectivity index (χ0n) is 12.0. The number of aromatic amines is 1. The summed E-state index contributed by atoms with van der Waals surface area (Å²) in [6, 6.07) is 1.31. The van der Waals surface area contributed by atoms with Crippen LogP contribution in [0.25, 0.3) is 0 Å². The summed E-state index contributed by atoms with van der Waals surface area (Å²) in [6.07, 6.45) is 0.907. The molecule has 108 valence electrons. The van der Waals surface area contributed by atoms with E-state index in [1.54, 1.807) is 7.11 Å². The summed E-state index contributed by atoms with van der Waals surface area (Å²) in [6.45, 7) is 7.86. The van der Waals surface area contributed by atoms with Gasteiger partial charge in [-0.05, 0) is 6.92 Å². The highest BCUT2D eigenvalue weighted by Gasteiger charge is 2.41. The fourth-order valence-electron chi connectivity index (χ4n) is 2.36. The zero-order valence-corrected chi connectivity index (χ0v) is 12.0. The average Bonchev–Trinajstić information content (AvgIpc) is 2.67. The fraction of sp³-hybridized carbons (Fsp3) is 0.692. The van der Waals surface area contributed by atoms with Crippen LogP contribution < -0.4 is 11.2 Å². The highest BCUT2D eigenvalue weighted by Crippen LogP contribution is 2.34. The summed E-state index contributed by atoms with van der Waals surface area (Å²) in [5.74, 6) is 0.0404. The predicted molar refractivity (Wildman–Crippen MR) is 72.2 cm³/mol. The number of ether oxygens (including phenoxy) is 2. The van der Waals surface area contributed by atoms with E-state index in [0.29, 0.717) is 0 Å². The van der Waals surface area contributed by atoms with E-state index in [1.807, 2.05) is 27.7 Å². The number of nitrogens with zero attached hydrogens (tertiary/aromatic N) is 1. The van der Waals surface area contributed by atoms with E-state index in [-0.39, 0.29) is 18.1 Å². The topological polar surface area (TPSA) is 73.3 Å². The van der Waals surface area contributed by atoms with Crippen LogP contribution in [0, 0.1) is 5.92 Å². The number of rotatable bonds is 2. The molecular formula is C13H22N2O4. The third-order valence-corrected chi connectivity index (χ3v) is 3.18. The zero-order chi connectivity index (χ0) is 14.6. The molecule has 6 heteroatoms. The van der Waals surface area contributed by atoms with Crippen LogP contribution in [-0.2, 0) is 9.47 Å². The van der Waals surface area contributed by atoms with Crippen molar-refractivity contribution in [2.75, 3.05) is 7.11 Å². The first-order valence-electron chi connectivity index (χ1n) is 6.54. The molecule has 1 aromatic heterocycles. The van der Waals surface area contributed by atoms with Gasteiger partial charge in [-0.2, -0.15) is 0 Å². The molecule has 19 heavy (non-hydrogen) atoms. The van der Waals surface area contributed by atoms with Gasteiger partial charge in [0.15, 0.2) is 0 Å². The van der Waals surface area contributed by atoms with Crippen LogP contribution in [0.15, 0.2) is 21.9 Å². The molecule has 1 aliphatic heterocycles. The summed E-state index contributed by atoms with van der Waals surface area (Å²) in [4.78, 5) is 24.9. The normalized spacial score (nSPS) is 29.7. The molecule has 3 unspecified atom stereocenters. The maximum absolute atomic E-state index is 11.7. The molecule has 0 aromatic carbocycles. The molecule has 0 spiro atoms. The van der Waals surface area contributed by atoms with Crippen LogP contribution in [0.4, 0.5) is 0 Å². The number of hydrogen-bond donors (Lipinski definition) is 1. The lowest BCUT2D eigenvalue weighted by Gasteiger charge is -2.18. The molecule has 0 amide bonds. The standard InChI is InChI=1S/C11H16N2O4.C2H6/c1-6-9(16-3)7(2)17-10(6)13-5-4-8(14)12-11(13)15;1-2/h4-7,9-10H,1-3H3,(H,12,14,15);1-2H3/t6?,7?,9-,10?;/m0./s1. The highest BCUT2D eigenvalue weighted by atomic mass is 16.6. The number of hydrogen-bond acceptors (Lipinski definition) is 4. The van der Waals surface area contributed by atoms with Gasteiger partial charge in [-0.25, -0.2) is 4.79 Å². The van der Waals surface area contributed by atoms with Gasteiger partial charge in [0.2, 0.25) is 0 Å². The van der Waals surface area contributed by atoms with Gasteiger partial charge >= 0.3 is 5.69 Å². The average molecular weight is 270 g/mol. The van der Waals surface area contributed by atoms with E-state index >= 15 is 0 Å². The highest BCUT2D eigenvalue weighted by molar-refractivity contribution is 4.90. The van der Waals surface area contributed by atoms with E-state index in [9.17, 15) is 9.59 Å². The van der Waals surface area contributed by atoms with Crippen molar-refractivity contribution in [2.24, 2.45) is 5.92 Å². The largest absolute Gasteiger partial charge is 0.378 e. The van der Waals surface area contributed by atoms with Crippen molar-refractivity contribution >= 4 is 0 Å². The van der Waals surface area contributed by atoms with E-state index in [4.69, 9.17) is 9.47 Å². The Morgan fingerprint density at radius 3 is 2.42 bits per heavy atom. The Balaban J connectivity index is 0.000000861. The number of nitrogens with one attached hydrogen (secondary N) is 1.